The van der Waals surface area contributed by atoms with E-state index >= 15 is 0 Å². The molecule has 0 bridgehead atoms. The lowest BCUT2D eigenvalue weighted by atomic mass is 9.99. The molecular formula is C45H28N4O. The Bertz CT molecular complexity index is 2800. The Balaban J connectivity index is 1.26. The first-order chi connectivity index (χ1) is 24.8. The maximum atomic E-state index is 6.54. The summed E-state index contributed by atoms with van der Waals surface area (Å²) in [5.41, 5.74) is 10.0. The second-order valence-corrected chi connectivity index (χ2v) is 12.4. The van der Waals surface area contributed by atoms with E-state index < -0.39 is 0 Å². The quantitative estimate of drug-likeness (QED) is 0.188. The second kappa shape index (κ2) is 11.4. The predicted molar refractivity (Wildman–Crippen MR) is 203 cm³/mol. The average molecular weight is 641 g/mol. The molecule has 3 heterocycles. The minimum absolute atomic E-state index is 0.620. The molecule has 5 nitrogen and oxygen atoms in total. The van der Waals surface area contributed by atoms with Gasteiger partial charge in [0.2, 0.25) is 0 Å². The number of benzene rings is 7. The topological polar surface area (TPSA) is 56.7 Å². The summed E-state index contributed by atoms with van der Waals surface area (Å²) in [4.78, 5) is 15.0. The van der Waals surface area contributed by atoms with E-state index in [4.69, 9.17) is 19.4 Å². The molecular weight excluding hydrogens is 613 g/mol. The third-order valence-corrected chi connectivity index (χ3v) is 9.46. The van der Waals surface area contributed by atoms with E-state index in [1.807, 2.05) is 60.7 Å². The van der Waals surface area contributed by atoms with Gasteiger partial charge in [0.05, 0.1) is 22.1 Å². The number of hydrogen-bond donors (Lipinski definition) is 0. The Kier molecular flexibility index (Phi) is 6.42. The van der Waals surface area contributed by atoms with Gasteiger partial charge in [0.1, 0.15) is 11.2 Å². The summed E-state index contributed by atoms with van der Waals surface area (Å²) in [6, 6.07) is 58.5. The molecule has 0 fully saturated rings. The maximum absolute atomic E-state index is 6.54. The smallest absolute Gasteiger partial charge is 0.164 e. The number of para-hydroxylation sites is 1. The van der Waals surface area contributed by atoms with E-state index in [2.05, 4.69) is 114 Å². The summed E-state index contributed by atoms with van der Waals surface area (Å²) in [5, 5.41) is 4.50. The van der Waals surface area contributed by atoms with Gasteiger partial charge in [0, 0.05) is 32.8 Å². The maximum Gasteiger partial charge on any atom is 0.164 e. The summed E-state index contributed by atoms with van der Waals surface area (Å²) in [6.45, 7) is 0. The predicted octanol–water partition coefficient (Wildman–Crippen LogP) is 11.5. The van der Waals surface area contributed by atoms with E-state index in [0.717, 1.165) is 71.9 Å². The van der Waals surface area contributed by atoms with Gasteiger partial charge in [-0.25, -0.2) is 15.0 Å². The first-order valence-electron chi connectivity index (χ1n) is 16.7. The molecule has 0 aliphatic carbocycles. The molecule has 3 aromatic heterocycles. The Morgan fingerprint density at radius 1 is 0.380 bits per heavy atom. The average Bonchev–Trinajstić information content (AvgIpc) is 3.74. The van der Waals surface area contributed by atoms with Crippen LogP contribution in [0.15, 0.2) is 174 Å². The molecule has 10 rings (SSSR count). The summed E-state index contributed by atoms with van der Waals surface area (Å²) >= 11 is 0. The lowest BCUT2D eigenvalue weighted by molar-refractivity contribution is 0.669. The van der Waals surface area contributed by atoms with E-state index in [9.17, 15) is 0 Å². The molecule has 10 aromatic rings. The van der Waals surface area contributed by atoms with Crippen LogP contribution in [0.4, 0.5) is 0 Å². The highest BCUT2D eigenvalue weighted by Crippen LogP contribution is 2.42. The van der Waals surface area contributed by atoms with Gasteiger partial charge in [-0.2, -0.15) is 0 Å². The molecule has 0 amide bonds. The van der Waals surface area contributed by atoms with Crippen molar-refractivity contribution in [2.24, 2.45) is 0 Å². The van der Waals surface area contributed by atoms with Crippen LogP contribution >= 0.6 is 0 Å². The largest absolute Gasteiger partial charge is 0.456 e. The normalized spacial score (nSPS) is 11.6. The standard InChI is InChI=1S/C45H28N4O/c1-4-14-29(15-5-1)33-21-12-24-39-41(33)42-37(23-13-25-40(42)50-39)49-36-22-11-10-20-34(36)35-27-26-32(28-38(35)49)45-47-43(30-16-6-2-7-17-30)46-44(48-45)31-18-8-3-9-19-31/h1-28H. The zero-order valence-corrected chi connectivity index (χ0v) is 26.9. The molecule has 234 valence electrons. The summed E-state index contributed by atoms with van der Waals surface area (Å²) in [5.74, 6) is 1.89. The van der Waals surface area contributed by atoms with Gasteiger partial charge in [-0.1, -0.05) is 140 Å². The third kappa shape index (κ3) is 4.52. The highest BCUT2D eigenvalue weighted by molar-refractivity contribution is 6.18. The highest BCUT2D eigenvalue weighted by atomic mass is 16.3. The molecule has 0 aliphatic heterocycles. The van der Waals surface area contributed by atoms with Crippen LogP contribution < -0.4 is 0 Å². The molecule has 0 saturated carbocycles. The van der Waals surface area contributed by atoms with Crippen molar-refractivity contribution in [2.75, 3.05) is 0 Å². The minimum atomic E-state index is 0.620. The lowest BCUT2D eigenvalue weighted by Crippen LogP contribution is -2.00. The number of nitrogens with zero attached hydrogens (tertiary/aromatic N) is 4. The van der Waals surface area contributed by atoms with Gasteiger partial charge in [0.15, 0.2) is 17.5 Å². The van der Waals surface area contributed by atoms with Crippen LogP contribution in [0, 0.1) is 0 Å². The van der Waals surface area contributed by atoms with Crippen LogP contribution in [0.1, 0.15) is 0 Å². The van der Waals surface area contributed by atoms with Crippen LogP contribution in [-0.4, -0.2) is 19.5 Å². The fourth-order valence-corrected chi connectivity index (χ4v) is 7.20. The van der Waals surface area contributed by atoms with E-state index in [-0.39, 0.29) is 0 Å². The van der Waals surface area contributed by atoms with Crippen molar-refractivity contribution >= 4 is 43.7 Å². The van der Waals surface area contributed by atoms with Crippen molar-refractivity contribution < 1.29 is 4.42 Å². The van der Waals surface area contributed by atoms with Crippen LogP contribution in [0.3, 0.4) is 0 Å². The van der Waals surface area contributed by atoms with Crippen molar-refractivity contribution in [3.05, 3.63) is 170 Å². The number of fused-ring (bicyclic) bond motifs is 6. The van der Waals surface area contributed by atoms with E-state index in [1.54, 1.807) is 0 Å². The molecule has 5 heteroatoms. The Labute approximate surface area is 287 Å². The molecule has 0 unspecified atom stereocenters. The van der Waals surface area contributed by atoms with Crippen molar-refractivity contribution in [2.45, 2.75) is 0 Å². The van der Waals surface area contributed by atoms with Gasteiger partial charge in [-0.3, -0.25) is 0 Å². The molecule has 0 N–H and O–H groups in total. The fourth-order valence-electron chi connectivity index (χ4n) is 7.20. The van der Waals surface area contributed by atoms with Crippen LogP contribution in [-0.2, 0) is 0 Å². The lowest BCUT2D eigenvalue weighted by Gasteiger charge is -2.12. The SMILES string of the molecule is c1ccc(-c2nc(-c3ccccc3)nc(-c3ccc4c5ccccc5n(-c5cccc6oc7cccc(-c8ccccc8)c7c56)c4c3)n2)cc1. The molecule has 50 heavy (non-hydrogen) atoms. The van der Waals surface area contributed by atoms with Crippen LogP contribution in [0.2, 0.25) is 0 Å². The van der Waals surface area contributed by atoms with Crippen molar-refractivity contribution in [1.82, 2.24) is 19.5 Å². The Hall–Kier alpha value is -6.85. The molecule has 0 saturated heterocycles. The Morgan fingerprint density at radius 2 is 0.920 bits per heavy atom. The van der Waals surface area contributed by atoms with Gasteiger partial charge in [-0.15, -0.1) is 0 Å². The molecule has 0 spiro atoms. The molecule has 0 radical (unpaired) electrons. The van der Waals surface area contributed by atoms with E-state index in [0.29, 0.717) is 17.5 Å². The molecule has 0 atom stereocenters. The van der Waals surface area contributed by atoms with Crippen LogP contribution in [0.5, 0.6) is 0 Å². The van der Waals surface area contributed by atoms with Gasteiger partial charge in [-0.05, 0) is 41.5 Å². The van der Waals surface area contributed by atoms with Crippen LogP contribution in [0.25, 0.3) is 94.7 Å². The van der Waals surface area contributed by atoms with Crippen molar-refractivity contribution in [1.29, 1.82) is 0 Å². The first kappa shape index (κ1) is 28.2. The number of rotatable bonds is 5. The first-order valence-corrected chi connectivity index (χ1v) is 16.7. The Morgan fingerprint density at radius 3 is 1.60 bits per heavy atom. The van der Waals surface area contributed by atoms with Crippen molar-refractivity contribution in [3.8, 4) is 51.0 Å². The third-order valence-electron chi connectivity index (χ3n) is 9.46. The highest BCUT2D eigenvalue weighted by Gasteiger charge is 2.21. The van der Waals surface area contributed by atoms with E-state index in [1.165, 1.54) is 5.39 Å². The fraction of sp³-hybridized carbons (Fsp3) is 0. The minimum Gasteiger partial charge on any atom is -0.456 e. The number of furan rings is 1. The summed E-state index contributed by atoms with van der Waals surface area (Å²) in [7, 11) is 0. The van der Waals surface area contributed by atoms with Crippen molar-refractivity contribution in [3.63, 3.8) is 0 Å². The van der Waals surface area contributed by atoms with Gasteiger partial charge < -0.3 is 8.98 Å². The summed E-state index contributed by atoms with van der Waals surface area (Å²) < 4.78 is 8.91. The van der Waals surface area contributed by atoms with Gasteiger partial charge in [0.25, 0.3) is 0 Å². The second-order valence-electron chi connectivity index (χ2n) is 12.4. The molecule has 7 aromatic carbocycles. The summed E-state index contributed by atoms with van der Waals surface area (Å²) in [6.07, 6.45) is 0. The monoisotopic (exact) mass is 640 g/mol. The van der Waals surface area contributed by atoms with Gasteiger partial charge >= 0.3 is 0 Å². The zero-order chi connectivity index (χ0) is 33.0. The number of hydrogen-bond acceptors (Lipinski definition) is 4. The number of aromatic nitrogens is 4. The molecule has 0 aliphatic rings. The zero-order valence-electron chi connectivity index (χ0n) is 26.9.